The van der Waals surface area contributed by atoms with Crippen molar-refractivity contribution in [1.29, 1.82) is 0 Å². The van der Waals surface area contributed by atoms with Crippen molar-refractivity contribution in [2.75, 3.05) is 13.2 Å². The molecule has 1 fully saturated rings. The lowest BCUT2D eigenvalue weighted by atomic mass is 9.99. The van der Waals surface area contributed by atoms with Gasteiger partial charge in [0.1, 0.15) is 6.04 Å². The highest BCUT2D eigenvalue weighted by atomic mass is 79.9. The molecule has 0 N–H and O–H groups in total. The summed E-state index contributed by atoms with van der Waals surface area (Å²) < 4.78 is 6.01. The number of carbonyl (C=O) groups excluding carboxylic acids is 2. The summed E-state index contributed by atoms with van der Waals surface area (Å²) in [4.78, 5) is 26.5. The second kappa shape index (κ2) is 7.07. The highest BCUT2D eigenvalue weighted by molar-refractivity contribution is 9.10. The van der Waals surface area contributed by atoms with Crippen LogP contribution < -0.4 is 0 Å². The zero-order valence-corrected chi connectivity index (χ0v) is 14.0. The van der Waals surface area contributed by atoms with Gasteiger partial charge in [-0.1, -0.05) is 22.0 Å². The van der Waals surface area contributed by atoms with E-state index in [1.54, 1.807) is 17.9 Å². The number of halogens is 1. The monoisotopic (exact) mass is 353 g/mol. The molecule has 4 nitrogen and oxygen atoms in total. The number of nitrogens with zero attached hydrogens (tertiary/aromatic N) is 1. The van der Waals surface area contributed by atoms with Crippen LogP contribution in [0.25, 0.3) is 0 Å². The summed E-state index contributed by atoms with van der Waals surface area (Å²) in [7, 11) is 0. The molecule has 1 aliphatic rings. The first kappa shape index (κ1) is 16.0. The van der Waals surface area contributed by atoms with Gasteiger partial charge in [-0.2, -0.15) is 0 Å². The minimum atomic E-state index is -0.454. The Balaban J connectivity index is 2.26. The van der Waals surface area contributed by atoms with Gasteiger partial charge < -0.3 is 9.64 Å². The van der Waals surface area contributed by atoms with Gasteiger partial charge >= 0.3 is 5.97 Å². The van der Waals surface area contributed by atoms with Crippen molar-refractivity contribution in [1.82, 2.24) is 4.90 Å². The molecule has 0 radical (unpaired) electrons. The minimum Gasteiger partial charge on any atom is -0.464 e. The first-order valence-electron chi connectivity index (χ1n) is 7.29. The number of ether oxygens (including phenoxy) is 1. The SMILES string of the molecule is CCOC(=O)C1CCCCN1C(=O)c1cccc(Br)c1C. The summed E-state index contributed by atoms with van der Waals surface area (Å²) >= 11 is 3.44. The Labute approximate surface area is 133 Å². The number of benzene rings is 1. The molecule has 2 rings (SSSR count). The first-order valence-corrected chi connectivity index (χ1v) is 8.08. The highest BCUT2D eigenvalue weighted by Gasteiger charge is 2.34. The molecule has 21 heavy (non-hydrogen) atoms. The van der Waals surface area contributed by atoms with Gasteiger partial charge in [0.05, 0.1) is 6.61 Å². The van der Waals surface area contributed by atoms with Crippen LogP contribution in [0.15, 0.2) is 22.7 Å². The van der Waals surface area contributed by atoms with E-state index in [4.69, 9.17) is 4.74 Å². The maximum absolute atomic E-state index is 12.8. The van der Waals surface area contributed by atoms with Crippen molar-refractivity contribution in [2.24, 2.45) is 0 Å². The summed E-state index contributed by atoms with van der Waals surface area (Å²) in [5, 5.41) is 0. The lowest BCUT2D eigenvalue weighted by Gasteiger charge is -2.34. The molecule has 1 aliphatic heterocycles. The smallest absolute Gasteiger partial charge is 0.328 e. The number of hydrogen-bond donors (Lipinski definition) is 0. The van der Waals surface area contributed by atoms with E-state index in [2.05, 4.69) is 15.9 Å². The molecule has 1 unspecified atom stereocenters. The molecule has 0 saturated carbocycles. The molecule has 1 atom stereocenters. The Morgan fingerprint density at radius 2 is 2.14 bits per heavy atom. The van der Waals surface area contributed by atoms with Crippen molar-refractivity contribution < 1.29 is 14.3 Å². The van der Waals surface area contributed by atoms with Crippen LogP contribution in [-0.4, -0.2) is 36.0 Å². The topological polar surface area (TPSA) is 46.6 Å². The molecule has 5 heteroatoms. The zero-order chi connectivity index (χ0) is 15.4. The van der Waals surface area contributed by atoms with Gasteiger partial charge in [0, 0.05) is 16.6 Å². The average molecular weight is 354 g/mol. The summed E-state index contributed by atoms with van der Waals surface area (Å²) in [5.41, 5.74) is 1.54. The summed E-state index contributed by atoms with van der Waals surface area (Å²) in [6.07, 6.45) is 2.55. The van der Waals surface area contributed by atoms with Crippen LogP contribution in [0.2, 0.25) is 0 Å². The fraction of sp³-hybridized carbons (Fsp3) is 0.500. The molecule has 1 amide bonds. The number of amides is 1. The minimum absolute atomic E-state index is 0.0912. The molecule has 1 heterocycles. The maximum atomic E-state index is 12.8. The van der Waals surface area contributed by atoms with Gasteiger partial charge in [-0.25, -0.2) is 4.79 Å². The van der Waals surface area contributed by atoms with Crippen LogP contribution >= 0.6 is 15.9 Å². The van der Waals surface area contributed by atoms with Crippen LogP contribution in [-0.2, 0) is 9.53 Å². The molecular weight excluding hydrogens is 334 g/mol. The first-order chi connectivity index (χ1) is 10.1. The molecule has 1 aromatic rings. The Morgan fingerprint density at radius 3 is 2.86 bits per heavy atom. The van der Waals surface area contributed by atoms with Crippen LogP contribution in [0.3, 0.4) is 0 Å². The van der Waals surface area contributed by atoms with Crippen molar-refractivity contribution in [3.8, 4) is 0 Å². The molecule has 0 bridgehead atoms. The quantitative estimate of drug-likeness (QED) is 0.783. The Bertz CT molecular complexity index is 544. The van der Waals surface area contributed by atoms with E-state index in [1.165, 1.54) is 0 Å². The highest BCUT2D eigenvalue weighted by Crippen LogP contribution is 2.25. The number of rotatable bonds is 3. The lowest BCUT2D eigenvalue weighted by molar-refractivity contribution is -0.149. The van der Waals surface area contributed by atoms with E-state index in [1.807, 2.05) is 19.1 Å². The second-order valence-electron chi connectivity index (χ2n) is 5.17. The van der Waals surface area contributed by atoms with Crippen molar-refractivity contribution in [2.45, 2.75) is 39.2 Å². The van der Waals surface area contributed by atoms with Crippen molar-refractivity contribution >= 4 is 27.8 Å². The standard InChI is InChI=1S/C16H20BrNO3/c1-3-21-16(20)14-9-4-5-10-18(14)15(19)12-7-6-8-13(17)11(12)2/h6-8,14H,3-5,9-10H2,1-2H3. The Hall–Kier alpha value is -1.36. The largest absolute Gasteiger partial charge is 0.464 e. The molecule has 114 valence electrons. The summed E-state index contributed by atoms with van der Waals surface area (Å²) in [6, 6.07) is 5.10. The van der Waals surface area contributed by atoms with Crippen LogP contribution in [0, 0.1) is 6.92 Å². The number of carbonyl (C=O) groups is 2. The number of hydrogen-bond acceptors (Lipinski definition) is 3. The summed E-state index contributed by atoms with van der Waals surface area (Å²) in [5.74, 6) is -0.384. The molecule has 0 aliphatic carbocycles. The molecule has 1 aromatic carbocycles. The predicted octanol–water partition coefficient (Wildman–Crippen LogP) is 3.32. The van der Waals surface area contributed by atoms with E-state index in [-0.39, 0.29) is 11.9 Å². The third-order valence-electron chi connectivity index (χ3n) is 3.82. The maximum Gasteiger partial charge on any atom is 0.328 e. The van der Waals surface area contributed by atoms with E-state index in [0.717, 1.165) is 22.9 Å². The van der Waals surface area contributed by atoms with Crippen LogP contribution in [0.4, 0.5) is 0 Å². The third kappa shape index (κ3) is 3.46. The van der Waals surface area contributed by atoms with Gasteiger partial charge in [0.15, 0.2) is 0 Å². The lowest BCUT2D eigenvalue weighted by Crippen LogP contribution is -2.48. The normalized spacial score (nSPS) is 18.4. The predicted molar refractivity (Wildman–Crippen MR) is 84.2 cm³/mol. The van der Waals surface area contributed by atoms with Crippen LogP contribution in [0.1, 0.15) is 42.1 Å². The van der Waals surface area contributed by atoms with Gasteiger partial charge in [-0.15, -0.1) is 0 Å². The van der Waals surface area contributed by atoms with Gasteiger partial charge in [0.2, 0.25) is 0 Å². The van der Waals surface area contributed by atoms with E-state index in [9.17, 15) is 9.59 Å². The molecule has 0 aromatic heterocycles. The number of likely N-dealkylation sites (tertiary alicyclic amines) is 1. The average Bonchev–Trinajstić information content (AvgIpc) is 2.49. The number of piperidine rings is 1. The second-order valence-corrected chi connectivity index (χ2v) is 6.03. The zero-order valence-electron chi connectivity index (χ0n) is 12.4. The van der Waals surface area contributed by atoms with Gasteiger partial charge in [-0.05, 0) is 50.8 Å². The number of esters is 1. The summed E-state index contributed by atoms with van der Waals surface area (Å²) in [6.45, 7) is 4.63. The Kier molecular flexibility index (Phi) is 5.39. The third-order valence-corrected chi connectivity index (χ3v) is 4.68. The molecule has 0 spiro atoms. The van der Waals surface area contributed by atoms with Gasteiger partial charge in [-0.3, -0.25) is 4.79 Å². The fourth-order valence-corrected chi connectivity index (χ4v) is 3.02. The van der Waals surface area contributed by atoms with Crippen LogP contribution in [0.5, 0.6) is 0 Å². The Morgan fingerprint density at radius 1 is 1.38 bits per heavy atom. The fourth-order valence-electron chi connectivity index (χ4n) is 2.65. The van der Waals surface area contributed by atoms with E-state index in [0.29, 0.717) is 25.1 Å². The molecule has 1 saturated heterocycles. The van der Waals surface area contributed by atoms with Gasteiger partial charge in [0.25, 0.3) is 5.91 Å². The van der Waals surface area contributed by atoms with Crippen molar-refractivity contribution in [3.05, 3.63) is 33.8 Å². The van der Waals surface area contributed by atoms with Crippen molar-refractivity contribution in [3.63, 3.8) is 0 Å². The molecular formula is C16H20BrNO3. The van der Waals surface area contributed by atoms with E-state index < -0.39 is 6.04 Å². The van der Waals surface area contributed by atoms with E-state index >= 15 is 0 Å².